The molecule has 0 fully saturated rings. The van der Waals surface area contributed by atoms with Crippen LogP contribution in [0.15, 0.2) is 96.0 Å². The van der Waals surface area contributed by atoms with Crippen molar-refractivity contribution in [2.45, 2.75) is 6.61 Å². The van der Waals surface area contributed by atoms with Crippen LogP contribution in [0.25, 0.3) is 10.8 Å². The molecule has 0 aliphatic heterocycles. The number of hydrogen-bond donors (Lipinski definition) is 0. The van der Waals surface area contributed by atoms with Gasteiger partial charge in [-0.1, -0.05) is 42.5 Å². The zero-order valence-electron chi connectivity index (χ0n) is 15.7. The van der Waals surface area contributed by atoms with E-state index in [1.54, 1.807) is 7.11 Å². The van der Waals surface area contributed by atoms with E-state index < -0.39 is 0 Å². The predicted molar refractivity (Wildman–Crippen MR) is 115 cm³/mol. The Morgan fingerprint density at radius 2 is 1.46 bits per heavy atom. The maximum absolute atomic E-state index is 5.99. The molecule has 0 radical (unpaired) electrons. The summed E-state index contributed by atoms with van der Waals surface area (Å²) in [5.74, 6) is 1.67. The van der Waals surface area contributed by atoms with Crippen molar-refractivity contribution in [1.29, 1.82) is 0 Å². The van der Waals surface area contributed by atoms with Crippen LogP contribution in [0.5, 0.6) is 11.5 Å². The maximum Gasteiger partial charge on any atom is 0.119 e. The molecule has 0 N–H and O–H groups in total. The second kappa shape index (κ2) is 8.40. The third-order valence-electron chi connectivity index (χ3n) is 4.59. The minimum Gasteiger partial charge on any atom is -0.497 e. The number of hydrogen-bond acceptors (Lipinski definition) is 3. The third-order valence-corrected chi connectivity index (χ3v) is 4.59. The molecule has 0 bridgehead atoms. The number of aliphatic imine (C=N–C) groups is 1. The highest BCUT2D eigenvalue weighted by Gasteiger charge is 2.02. The molecule has 0 amide bonds. The lowest BCUT2D eigenvalue weighted by Gasteiger charge is -2.09. The fourth-order valence-corrected chi connectivity index (χ4v) is 3.05. The standard InChI is InChI=1S/C25H21NO2/c1-27-23-15-11-22(12-16-23)26-17-19-9-13-24(14-10-19)28-18-21-7-4-6-20-5-2-3-8-25(20)21/h2-17H,18H2,1H3. The lowest BCUT2D eigenvalue weighted by Crippen LogP contribution is -1.96. The lowest BCUT2D eigenvalue weighted by molar-refractivity contribution is 0.307. The Hall–Kier alpha value is -3.59. The van der Waals surface area contributed by atoms with Gasteiger partial charge in [0, 0.05) is 6.21 Å². The Labute approximate surface area is 164 Å². The fourth-order valence-electron chi connectivity index (χ4n) is 3.05. The number of benzene rings is 4. The van der Waals surface area contributed by atoms with Crippen LogP contribution < -0.4 is 9.47 Å². The molecule has 0 heterocycles. The van der Waals surface area contributed by atoms with Gasteiger partial charge in [0.15, 0.2) is 0 Å². The summed E-state index contributed by atoms with van der Waals surface area (Å²) < 4.78 is 11.1. The van der Waals surface area contributed by atoms with Gasteiger partial charge in [-0.15, -0.1) is 0 Å². The van der Waals surface area contributed by atoms with Crippen LogP contribution in [0.4, 0.5) is 5.69 Å². The number of methoxy groups -OCH3 is 1. The second-order valence-electron chi connectivity index (χ2n) is 6.45. The zero-order valence-corrected chi connectivity index (χ0v) is 15.7. The topological polar surface area (TPSA) is 30.8 Å². The Morgan fingerprint density at radius 3 is 2.25 bits per heavy atom. The van der Waals surface area contributed by atoms with Gasteiger partial charge in [0.05, 0.1) is 12.8 Å². The van der Waals surface area contributed by atoms with E-state index in [4.69, 9.17) is 9.47 Å². The Kier molecular flexibility index (Phi) is 5.34. The van der Waals surface area contributed by atoms with Gasteiger partial charge in [-0.25, -0.2) is 0 Å². The van der Waals surface area contributed by atoms with Crippen molar-refractivity contribution in [3.8, 4) is 11.5 Å². The number of fused-ring (bicyclic) bond motifs is 1. The molecule has 0 saturated carbocycles. The minimum atomic E-state index is 0.542. The zero-order chi connectivity index (χ0) is 19.2. The van der Waals surface area contributed by atoms with Crippen LogP contribution in [-0.4, -0.2) is 13.3 Å². The Balaban J connectivity index is 1.41. The SMILES string of the molecule is COc1ccc(N=Cc2ccc(OCc3cccc4ccccc34)cc2)cc1. The van der Waals surface area contributed by atoms with E-state index in [1.165, 1.54) is 16.3 Å². The molecule has 0 atom stereocenters. The first-order chi connectivity index (χ1) is 13.8. The number of nitrogens with zero attached hydrogens (tertiary/aromatic N) is 1. The van der Waals surface area contributed by atoms with Gasteiger partial charge in [0.25, 0.3) is 0 Å². The van der Waals surface area contributed by atoms with Crippen molar-refractivity contribution in [3.63, 3.8) is 0 Å². The van der Waals surface area contributed by atoms with Crippen molar-refractivity contribution in [1.82, 2.24) is 0 Å². The largest absolute Gasteiger partial charge is 0.497 e. The fraction of sp³-hybridized carbons (Fsp3) is 0.0800. The summed E-state index contributed by atoms with van der Waals surface area (Å²) in [5, 5.41) is 2.46. The first-order valence-electron chi connectivity index (χ1n) is 9.19. The smallest absolute Gasteiger partial charge is 0.119 e. The Morgan fingerprint density at radius 1 is 0.750 bits per heavy atom. The van der Waals surface area contributed by atoms with Crippen molar-refractivity contribution in [2.24, 2.45) is 4.99 Å². The van der Waals surface area contributed by atoms with E-state index in [2.05, 4.69) is 47.5 Å². The van der Waals surface area contributed by atoms with E-state index in [0.717, 1.165) is 22.7 Å². The normalized spacial score (nSPS) is 11.0. The average Bonchev–Trinajstić information content (AvgIpc) is 2.77. The second-order valence-corrected chi connectivity index (χ2v) is 6.45. The molecule has 0 saturated heterocycles. The van der Waals surface area contributed by atoms with Crippen molar-refractivity contribution < 1.29 is 9.47 Å². The van der Waals surface area contributed by atoms with Gasteiger partial charge in [-0.3, -0.25) is 4.99 Å². The molecule has 4 aromatic rings. The quantitative estimate of drug-likeness (QED) is 0.381. The van der Waals surface area contributed by atoms with Crippen LogP contribution in [0.2, 0.25) is 0 Å². The van der Waals surface area contributed by atoms with Gasteiger partial charge < -0.3 is 9.47 Å². The van der Waals surface area contributed by atoms with Gasteiger partial charge in [0.1, 0.15) is 18.1 Å². The van der Waals surface area contributed by atoms with E-state index in [1.807, 2.05) is 54.7 Å². The first-order valence-corrected chi connectivity index (χ1v) is 9.19. The number of rotatable bonds is 6. The maximum atomic E-state index is 5.99. The summed E-state index contributed by atoms with van der Waals surface area (Å²) in [4.78, 5) is 4.49. The van der Waals surface area contributed by atoms with Gasteiger partial charge in [-0.2, -0.15) is 0 Å². The van der Waals surface area contributed by atoms with Crippen molar-refractivity contribution >= 4 is 22.7 Å². The molecule has 0 aromatic heterocycles. The third kappa shape index (κ3) is 4.21. The van der Waals surface area contributed by atoms with Crippen molar-refractivity contribution in [2.75, 3.05) is 7.11 Å². The van der Waals surface area contributed by atoms with Gasteiger partial charge in [0.2, 0.25) is 0 Å². The van der Waals surface area contributed by atoms with Crippen LogP contribution in [0.3, 0.4) is 0 Å². The van der Waals surface area contributed by atoms with Crippen LogP contribution >= 0.6 is 0 Å². The highest BCUT2D eigenvalue weighted by atomic mass is 16.5. The molecule has 0 aliphatic carbocycles. The average molecular weight is 367 g/mol. The summed E-state index contributed by atoms with van der Waals surface area (Å²) >= 11 is 0. The molecule has 3 nitrogen and oxygen atoms in total. The lowest BCUT2D eigenvalue weighted by atomic mass is 10.1. The molecule has 4 aromatic carbocycles. The molecule has 0 aliphatic rings. The molecule has 0 unspecified atom stereocenters. The van der Waals surface area contributed by atoms with E-state index in [9.17, 15) is 0 Å². The number of ether oxygens (including phenoxy) is 2. The summed E-state index contributed by atoms with van der Waals surface area (Å²) in [5.41, 5.74) is 3.09. The summed E-state index contributed by atoms with van der Waals surface area (Å²) in [7, 11) is 1.65. The van der Waals surface area contributed by atoms with E-state index in [-0.39, 0.29) is 0 Å². The molecule has 0 spiro atoms. The molecular weight excluding hydrogens is 346 g/mol. The molecule has 28 heavy (non-hydrogen) atoms. The highest BCUT2D eigenvalue weighted by Crippen LogP contribution is 2.21. The molecular formula is C25H21NO2. The van der Waals surface area contributed by atoms with Crippen LogP contribution in [-0.2, 0) is 6.61 Å². The summed E-state index contributed by atoms with van der Waals surface area (Å²) in [6.45, 7) is 0.542. The molecule has 3 heteroatoms. The summed E-state index contributed by atoms with van der Waals surface area (Å²) in [6, 6.07) is 30.3. The van der Waals surface area contributed by atoms with Crippen LogP contribution in [0, 0.1) is 0 Å². The predicted octanol–water partition coefficient (Wildman–Crippen LogP) is 6.18. The van der Waals surface area contributed by atoms with Gasteiger partial charge in [-0.05, 0) is 70.4 Å². The van der Waals surface area contributed by atoms with Crippen LogP contribution in [0.1, 0.15) is 11.1 Å². The molecule has 138 valence electrons. The highest BCUT2D eigenvalue weighted by molar-refractivity contribution is 5.85. The van der Waals surface area contributed by atoms with E-state index >= 15 is 0 Å². The van der Waals surface area contributed by atoms with Gasteiger partial charge >= 0.3 is 0 Å². The van der Waals surface area contributed by atoms with E-state index in [0.29, 0.717) is 6.61 Å². The Bertz CT molecular complexity index is 1080. The monoisotopic (exact) mass is 367 g/mol. The molecule has 4 rings (SSSR count). The summed E-state index contributed by atoms with van der Waals surface area (Å²) in [6.07, 6.45) is 1.84. The first kappa shape index (κ1) is 17.8. The van der Waals surface area contributed by atoms with Crippen molar-refractivity contribution in [3.05, 3.63) is 102 Å². The minimum absolute atomic E-state index is 0.542.